The number of anilines is 1. The van der Waals surface area contributed by atoms with Crippen LogP contribution in [-0.4, -0.2) is 22.9 Å². The first-order valence-electron chi connectivity index (χ1n) is 9.50. The number of nitrogens with zero attached hydrogens (tertiary/aromatic N) is 1. The summed E-state index contributed by atoms with van der Waals surface area (Å²) >= 11 is 16.3. The smallest absolute Gasteiger partial charge is 0.270 e. The number of hydrogen-bond acceptors (Lipinski definition) is 5. The van der Waals surface area contributed by atoms with E-state index < -0.39 is 0 Å². The Balaban J connectivity index is 1.89. The van der Waals surface area contributed by atoms with Gasteiger partial charge in [-0.2, -0.15) is 0 Å². The highest BCUT2D eigenvalue weighted by Crippen LogP contribution is 2.39. The molecular weight excluding hydrogens is 506 g/mol. The summed E-state index contributed by atoms with van der Waals surface area (Å²) < 4.78 is 12.9. The van der Waals surface area contributed by atoms with Crippen LogP contribution in [-0.2, 0) is 4.79 Å². The van der Waals surface area contributed by atoms with Crippen molar-refractivity contribution in [2.45, 2.75) is 33.3 Å². The van der Waals surface area contributed by atoms with E-state index >= 15 is 0 Å². The van der Waals surface area contributed by atoms with E-state index in [1.54, 1.807) is 18.2 Å². The van der Waals surface area contributed by atoms with Gasteiger partial charge in [0.1, 0.15) is 0 Å². The van der Waals surface area contributed by atoms with E-state index in [-0.39, 0.29) is 12.0 Å². The zero-order valence-electron chi connectivity index (χ0n) is 16.8. The molecule has 1 fully saturated rings. The minimum absolute atomic E-state index is 0.0871. The molecule has 2 aromatic carbocycles. The van der Waals surface area contributed by atoms with Gasteiger partial charge in [0.05, 0.1) is 28.3 Å². The predicted octanol–water partition coefficient (Wildman–Crippen LogP) is 7.08. The Morgan fingerprint density at radius 2 is 2.00 bits per heavy atom. The lowest BCUT2D eigenvalue weighted by atomic mass is 10.1. The Bertz CT molecular complexity index is 1010. The number of thioether (sulfide) groups is 1. The highest BCUT2D eigenvalue weighted by atomic mass is 79.9. The fourth-order valence-electron chi connectivity index (χ4n) is 2.75. The van der Waals surface area contributed by atoms with Crippen molar-refractivity contribution in [3.63, 3.8) is 0 Å². The third kappa shape index (κ3) is 5.19. The molecule has 3 rings (SSSR count). The molecule has 158 valence electrons. The van der Waals surface area contributed by atoms with E-state index in [0.29, 0.717) is 38.0 Å². The average Bonchev–Trinajstić information content (AvgIpc) is 2.99. The lowest BCUT2D eigenvalue weighted by Gasteiger charge is -2.16. The number of carbonyl (C=O) groups excluding carboxylic acids is 1. The number of ether oxygens (including phenoxy) is 2. The highest BCUT2D eigenvalue weighted by molar-refractivity contribution is 9.10. The van der Waals surface area contributed by atoms with Gasteiger partial charge in [-0.05, 0) is 78.2 Å². The molecule has 1 amide bonds. The predicted molar refractivity (Wildman–Crippen MR) is 133 cm³/mol. The summed E-state index contributed by atoms with van der Waals surface area (Å²) in [6, 6.07) is 11.0. The van der Waals surface area contributed by atoms with Crippen molar-refractivity contribution in [3.05, 3.63) is 56.4 Å². The maximum absolute atomic E-state index is 13.0. The van der Waals surface area contributed by atoms with Crippen molar-refractivity contribution in [2.24, 2.45) is 0 Å². The van der Waals surface area contributed by atoms with E-state index in [4.69, 9.17) is 33.3 Å². The molecule has 2 aromatic rings. The maximum atomic E-state index is 13.0. The molecule has 0 bridgehead atoms. The van der Waals surface area contributed by atoms with Gasteiger partial charge in [-0.15, -0.1) is 0 Å². The van der Waals surface area contributed by atoms with Crippen LogP contribution in [0.4, 0.5) is 5.69 Å². The minimum atomic E-state index is -0.179. The third-order valence-corrected chi connectivity index (χ3v) is 6.96. The van der Waals surface area contributed by atoms with Gasteiger partial charge >= 0.3 is 0 Å². The van der Waals surface area contributed by atoms with Gasteiger partial charge in [0, 0.05) is 4.47 Å². The minimum Gasteiger partial charge on any atom is -0.490 e. The van der Waals surface area contributed by atoms with Crippen molar-refractivity contribution < 1.29 is 14.3 Å². The summed E-state index contributed by atoms with van der Waals surface area (Å²) in [6.45, 7) is 6.53. The molecule has 0 N–H and O–H groups in total. The quantitative estimate of drug-likeness (QED) is 0.285. The fourth-order valence-corrected chi connectivity index (χ4v) is 4.47. The van der Waals surface area contributed by atoms with Gasteiger partial charge in [-0.3, -0.25) is 9.69 Å². The van der Waals surface area contributed by atoms with Crippen LogP contribution in [0.5, 0.6) is 11.5 Å². The first-order valence-corrected chi connectivity index (χ1v) is 11.9. The SMILES string of the molecule is CCOc1cc(/C=C2/SC(=S)N(c3ccc(Br)c(Cl)c3)C2=O)ccc1O[C@H](C)CC. The van der Waals surface area contributed by atoms with Crippen LogP contribution in [0.15, 0.2) is 45.8 Å². The van der Waals surface area contributed by atoms with Gasteiger partial charge in [0.15, 0.2) is 15.8 Å². The topological polar surface area (TPSA) is 38.8 Å². The Labute approximate surface area is 199 Å². The zero-order valence-corrected chi connectivity index (χ0v) is 20.8. The molecule has 0 aromatic heterocycles. The van der Waals surface area contributed by atoms with Crippen molar-refractivity contribution in [2.75, 3.05) is 11.5 Å². The monoisotopic (exact) mass is 525 g/mol. The Morgan fingerprint density at radius 1 is 1.23 bits per heavy atom. The number of carbonyl (C=O) groups is 1. The molecule has 30 heavy (non-hydrogen) atoms. The molecule has 0 aliphatic carbocycles. The number of rotatable bonds is 7. The molecule has 1 atom stereocenters. The number of halogens is 2. The van der Waals surface area contributed by atoms with Crippen molar-refractivity contribution >= 4 is 73.5 Å². The molecule has 4 nitrogen and oxygen atoms in total. The number of benzene rings is 2. The molecule has 0 unspecified atom stereocenters. The van der Waals surface area contributed by atoms with E-state index in [1.807, 2.05) is 38.1 Å². The van der Waals surface area contributed by atoms with E-state index in [2.05, 4.69) is 22.9 Å². The second-order valence-corrected chi connectivity index (χ2v) is 9.53. The third-order valence-electron chi connectivity index (χ3n) is 4.42. The van der Waals surface area contributed by atoms with Gasteiger partial charge in [-0.25, -0.2) is 0 Å². The molecule has 1 saturated heterocycles. The second kappa shape index (κ2) is 10.2. The molecule has 8 heteroatoms. The molecule has 0 saturated carbocycles. The summed E-state index contributed by atoms with van der Waals surface area (Å²) in [5.74, 6) is 1.17. The number of thiocarbonyl (C=S) groups is 1. The van der Waals surface area contributed by atoms with Crippen LogP contribution in [0, 0.1) is 0 Å². The van der Waals surface area contributed by atoms with Crippen LogP contribution >= 0.6 is 51.5 Å². The van der Waals surface area contributed by atoms with E-state index in [9.17, 15) is 4.79 Å². The molecule has 1 aliphatic rings. The van der Waals surface area contributed by atoms with E-state index in [1.165, 1.54) is 16.7 Å². The summed E-state index contributed by atoms with van der Waals surface area (Å²) in [6.07, 6.45) is 2.80. The van der Waals surface area contributed by atoms with Gasteiger partial charge in [0.2, 0.25) is 0 Å². The lowest BCUT2D eigenvalue weighted by Crippen LogP contribution is -2.27. The van der Waals surface area contributed by atoms with Gasteiger partial charge in [-0.1, -0.05) is 48.6 Å². The fraction of sp³-hybridized carbons (Fsp3) is 0.273. The standard InChI is InChI=1S/C22H21BrClNO3S2/c1-4-13(3)28-18-9-6-14(10-19(18)27-5-2)11-20-21(26)25(22(29)30-20)15-7-8-16(23)17(24)12-15/h6-13H,4-5H2,1-3H3/b20-11+/t13-/m1/s1. The lowest BCUT2D eigenvalue weighted by molar-refractivity contribution is -0.113. The summed E-state index contributed by atoms with van der Waals surface area (Å²) in [4.78, 5) is 15.1. The normalized spacial score (nSPS) is 16.3. The molecule has 0 spiro atoms. The van der Waals surface area contributed by atoms with E-state index in [0.717, 1.165) is 16.5 Å². The Hall–Kier alpha value is -1.54. The van der Waals surface area contributed by atoms with Crippen LogP contribution in [0.1, 0.15) is 32.8 Å². The number of hydrogen-bond donors (Lipinski definition) is 0. The number of amides is 1. The largest absolute Gasteiger partial charge is 0.490 e. The highest BCUT2D eigenvalue weighted by Gasteiger charge is 2.33. The summed E-state index contributed by atoms with van der Waals surface area (Å²) in [5, 5.41) is 0.517. The van der Waals surface area contributed by atoms with Crippen molar-refractivity contribution in [1.82, 2.24) is 0 Å². The molecule has 1 heterocycles. The van der Waals surface area contributed by atoms with Crippen LogP contribution < -0.4 is 14.4 Å². The van der Waals surface area contributed by atoms with Gasteiger partial charge < -0.3 is 9.47 Å². The first kappa shape index (κ1) is 23.1. The molecule has 0 radical (unpaired) electrons. The van der Waals surface area contributed by atoms with Gasteiger partial charge in [0.25, 0.3) is 5.91 Å². The van der Waals surface area contributed by atoms with Crippen molar-refractivity contribution in [1.29, 1.82) is 0 Å². The Kier molecular flexibility index (Phi) is 7.85. The van der Waals surface area contributed by atoms with Crippen LogP contribution in [0.3, 0.4) is 0 Å². The first-order chi connectivity index (χ1) is 14.3. The molecular formula is C22H21BrClNO3S2. The summed E-state index contributed by atoms with van der Waals surface area (Å²) in [7, 11) is 0. The van der Waals surface area contributed by atoms with Crippen LogP contribution in [0.25, 0.3) is 6.08 Å². The second-order valence-electron chi connectivity index (χ2n) is 6.59. The Morgan fingerprint density at radius 3 is 2.67 bits per heavy atom. The maximum Gasteiger partial charge on any atom is 0.270 e. The van der Waals surface area contributed by atoms with Crippen LogP contribution in [0.2, 0.25) is 5.02 Å². The zero-order chi connectivity index (χ0) is 21.8. The average molecular weight is 527 g/mol. The molecule has 1 aliphatic heterocycles. The van der Waals surface area contributed by atoms with Crippen molar-refractivity contribution in [3.8, 4) is 11.5 Å². The summed E-state index contributed by atoms with van der Waals surface area (Å²) in [5.41, 5.74) is 1.48.